The highest BCUT2D eigenvalue weighted by atomic mass is 16.5. The zero-order valence-electron chi connectivity index (χ0n) is 9.13. The van der Waals surface area contributed by atoms with Gasteiger partial charge in [0, 0.05) is 11.8 Å². The number of nitrogens with two attached hydrogens (primary N) is 1. The van der Waals surface area contributed by atoms with Crippen LogP contribution in [0.2, 0.25) is 0 Å². The van der Waals surface area contributed by atoms with Gasteiger partial charge in [0.1, 0.15) is 5.82 Å². The first-order valence-corrected chi connectivity index (χ1v) is 5.39. The average Bonchev–Trinajstić information content (AvgIpc) is 2.73. The Bertz CT molecular complexity index is 557. The van der Waals surface area contributed by atoms with Crippen LogP contribution in [0.5, 0.6) is 0 Å². The van der Waals surface area contributed by atoms with Gasteiger partial charge < -0.3 is 15.4 Å². The van der Waals surface area contributed by atoms with Crippen molar-refractivity contribution in [3.05, 3.63) is 42.1 Å². The summed E-state index contributed by atoms with van der Waals surface area (Å²) in [6.45, 7) is 0.428. The molecule has 1 aromatic heterocycles. The second-order valence-corrected chi connectivity index (χ2v) is 4.01. The quantitative estimate of drug-likeness (QED) is 0.696. The Kier molecular flexibility index (Phi) is 2.35. The lowest BCUT2D eigenvalue weighted by atomic mass is 9.78. The Morgan fingerprint density at radius 1 is 1.29 bits per heavy atom. The number of nitrogens with zero attached hydrogens (tertiary/aromatic N) is 1. The Hall–Kier alpha value is -1.85. The fraction of sp³-hybridized carbons (Fsp3) is 0.0833. The predicted octanol–water partition coefficient (Wildman–Crippen LogP) is 0.549. The third-order valence-corrected chi connectivity index (χ3v) is 2.96. The van der Waals surface area contributed by atoms with Gasteiger partial charge in [-0.25, -0.2) is 4.98 Å². The minimum absolute atomic E-state index is 0.428. The molecule has 5 heteroatoms. The summed E-state index contributed by atoms with van der Waals surface area (Å²) in [6, 6.07) is 9.46. The molecule has 0 bridgehead atoms. The van der Waals surface area contributed by atoms with Gasteiger partial charge in [-0.15, -0.1) is 0 Å². The van der Waals surface area contributed by atoms with E-state index in [4.69, 9.17) is 10.4 Å². The highest BCUT2D eigenvalue weighted by Gasteiger charge is 2.28. The molecule has 84 valence electrons. The first-order chi connectivity index (χ1) is 8.25. The van der Waals surface area contributed by atoms with Crippen molar-refractivity contribution in [1.29, 1.82) is 0 Å². The van der Waals surface area contributed by atoms with E-state index in [0.717, 1.165) is 22.2 Å². The molecule has 2 heterocycles. The van der Waals surface area contributed by atoms with Crippen molar-refractivity contribution in [3.63, 3.8) is 0 Å². The van der Waals surface area contributed by atoms with Crippen LogP contribution in [0.4, 0.5) is 5.82 Å². The summed E-state index contributed by atoms with van der Waals surface area (Å²) in [6.07, 6.45) is 1.73. The minimum Gasteiger partial charge on any atom is -0.423 e. The van der Waals surface area contributed by atoms with Crippen LogP contribution in [0, 0.1) is 0 Å². The highest BCUT2D eigenvalue weighted by Crippen LogP contribution is 2.25. The number of nitrogen functional groups attached to an aromatic ring is 1. The third-order valence-electron chi connectivity index (χ3n) is 2.96. The molecule has 0 atom stereocenters. The first-order valence-electron chi connectivity index (χ1n) is 5.39. The van der Waals surface area contributed by atoms with Crippen LogP contribution in [0.25, 0.3) is 11.1 Å². The van der Waals surface area contributed by atoms with Crippen LogP contribution in [0.15, 0.2) is 36.5 Å². The van der Waals surface area contributed by atoms with Crippen molar-refractivity contribution in [2.24, 2.45) is 0 Å². The van der Waals surface area contributed by atoms with Crippen molar-refractivity contribution in [3.8, 4) is 11.1 Å². The Morgan fingerprint density at radius 2 is 2.18 bits per heavy atom. The normalized spacial score (nSPS) is 13.8. The predicted molar refractivity (Wildman–Crippen MR) is 66.5 cm³/mol. The summed E-state index contributed by atoms with van der Waals surface area (Å²) in [5, 5.41) is 9.64. The number of anilines is 1. The van der Waals surface area contributed by atoms with Crippen LogP contribution in [0.3, 0.4) is 0 Å². The maximum Gasteiger partial charge on any atom is 0.491 e. The second-order valence-electron chi connectivity index (χ2n) is 4.01. The highest BCUT2D eigenvalue weighted by molar-refractivity contribution is 6.61. The fourth-order valence-corrected chi connectivity index (χ4v) is 2.08. The lowest BCUT2D eigenvalue weighted by molar-refractivity contribution is 0.275. The van der Waals surface area contributed by atoms with Crippen LogP contribution < -0.4 is 11.2 Å². The zero-order chi connectivity index (χ0) is 11.8. The van der Waals surface area contributed by atoms with Crippen molar-refractivity contribution in [2.45, 2.75) is 6.61 Å². The van der Waals surface area contributed by atoms with E-state index in [1.807, 2.05) is 24.3 Å². The topological polar surface area (TPSA) is 68.4 Å². The van der Waals surface area contributed by atoms with Gasteiger partial charge in [-0.05, 0) is 28.7 Å². The molecule has 0 fully saturated rings. The lowest BCUT2D eigenvalue weighted by Gasteiger charge is -2.07. The molecular formula is C12H11BN2O2. The van der Waals surface area contributed by atoms with Crippen LogP contribution in [-0.2, 0) is 11.3 Å². The molecular weight excluding hydrogens is 215 g/mol. The fourth-order valence-electron chi connectivity index (χ4n) is 2.08. The van der Waals surface area contributed by atoms with Crippen molar-refractivity contribution in [1.82, 2.24) is 4.98 Å². The largest absolute Gasteiger partial charge is 0.491 e. The van der Waals surface area contributed by atoms with Crippen LogP contribution in [0.1, 0.15) is 5.56 Å². The van der Waals surface area contributed by atoms with Crippen LogP contribution >= 0.6 is 0 Å². The SMILES string of the molecule is Nc1ccc(-c2cccc3c2COB3O)cn1. The van der Waals surface area contributed by atoms with E-state index < -0.39 is 7.12 Å². The molecule has 1 aliphatic rings. The molecule has 17 heavy (non-hydrogen) atoms. The van der Waals surface area contributed by atoms with Crippen LogP contribution in [-0.4, -0.2) is 17.1 Å². The number of rotatable bonds is 1. The minimum atomic E-state index is -0.813. The first kappa shape index (κ1) is 10.3. The van der Waals surface area contributed by atoms with Gasteiger partial charge in [0.25, 0.3) is 0 Å². The number of aromatic nitrogens is 1. The molecule has 0 radical (unpaired) electrons. The number of hydrogen-bond acceptors (Lipinski definition) is 4. The molecule has 0 saturated carbocycles. The second kappa shape index (κ2) is 3.87. The van der Waals surface area contributed by atoms with E-state index in [0.29, 0.717) is 12.4 Å². The van der Waals surface area contributed by atoms with Gasteiger partial charge in [0.2, 0.25) is 0 Å². The number of benzene rings is 1. The van der Waals surface area contributed by atoms with E-state index in [1.54, 1.807) is 12.3 Å². The summed E-state index contributed by atoms with van der Waals surface area (Å²) in [4.78, 5) is 4.07. The van der Waals surface area contributed by atoms with E-state index in [-0.39, 0.29) is 0 Å². The molecule has 0 saturated heterocycles. The smallest absolute Gasteiger partial charge is 0.423 e. The van der Waals surface area contributed by atoms with Gasteiger partial charge in [0.15, 0.2) is 0 Å². The zero-order valence-corrected chi connectivity index (χ0v) is 9.13. The summed E-state index contributed by atoms with van der Waals surface area (Å²) in [7, 11) is -0.813. The summed E-state index contributed by atoms with van der Waals surface area (Å²) in [5.74, 6) is 0.498. The van der Waals surface area contributed by atoms with Crippen molar-refractivity contribution >= 4 is 18.4 Å². The number of hydrogen-bond donors (Lipinski definition) is 2. The van der Waals surface area contributed by atoms with E-state index in [2.05, 4.69) is 4.98 Å². The van der Waals surface area contributed by atoms with Crippen molar-refractivity contribution in [2.75, 3.05) is 5.73 Å². The van der Waals surface area contributed by atoms with Gasteiger partial charge in [-0.1, -0.05) is 18.2 Å². The maximum absolute atomic E-state index is 9.64. The molecule has 3 N–H and O–H groups in total. The van der Waals surface area contributed by atoms with Gasteiger partial charge >= 0.3 is 7.12 Å². The number of fused-ring (bicyclic) bond motifs is 1. The van der Waals surface area contributed by atoms with Gasteiger partial charge in [-0.3, -0.25) is 0 Å². The lowest BCUT2D eigenvalue weighted by Crippen LogP contribution is -2.27. The summed E-state index contributed by atoms with van der Waals surface area (Å²) in [5.41, 5.74) is 9.43. The molecule has 3 rings (SSSR count). The molecule has 0 unspecified atom stereocenters. The standard InChI is InChI=1S/C12H11BN2O2/c14-12-5-4-8(6-15-12)9-2-1-3-11-10(9)7-17-13(11)16/h1-6,16H,7H2,(H2,14,15). The van der Waals surface area contributed by atoms with Gasteiger partial charge in [-0.2, -0.15) is 0 Å². The third kappa shape index (κ3) is 1.69. The Morgan fingerprint density at radius 3 is 2.94 bits per heavy atom. The monoisotopic (exact) mass is 226 g/mol. The molecule has 1 aromatic carbocycles. The van der Waals surface area contributed by atoms with E-state index in [1.165, 1.54) is 0 Å². The van der Waals surface area contributed by atoms with Crippen molar-refractivity contribution < 1.29 is 9.68 Å². The number of pyridine rings is 1. The molecule has 0 spiro atoms. The molecule has 4 nitrogen and oxygen atoms in total. The summed E-state index contributed by atoms with van der Waals surface area (Å²) < 4.78 is 5.22. The average molecular weight is 226 g/mol. The molecule has 1 aliphatic heterocycles. The van der Waals surface area contributed by atoms with Gasteiger partial charge in [0.05, 0.1) is 6.61 Å². The van der Waals surface area contributed by atoms with E-state index in [9.17, 15) is 5.02 Å². The van der Waals surface area contributed by atoms with E-state index >= 15 is 0 Å². The molecule has 0 aliphatic carbocycles. The molecule has 0 amide bonds. The Balaban J connectivity index is 2.13. The summed E-state index contributed by atoms with van der Waals surface area (Å²) >= 11 is 0. The maximum atomic E-state index is 9.64. The Labute approximate surface area is 99.2 Å². The molecule has 2 aromatic rings.